The fraction of sp³-hybridized carbons (Fsp3) is 0.182. The van der Waals surface area contributed by atoms with Crippen molar-refractivity contribution in [3.63, 3.8) is 0 Å². The molecule has 0 N–H and O–H groups in total. The van der Waals surface area contributed by atoms with E-state index in [1.165, 1.54) is 34.4 Å². The van der Waals surface area contributed by atoms with Crippen LogP contribution in [0.2, 0.25) is 5.02 Å². The molecule has 0 saturated carbocycles. The van der Waals surface area contributed by atoms with Crippen LogP contribution in [0.25, 0.3) is 5.95 Å². The molecular formula is C22H17ClF3N7O. The van der Waals surface area contributed by atoms with E-state index in [2.05, 4.69) is 25.0 Å². The van der Waals surface area contributed by atoms with E-state index >= 15 is 0 Å². The van der Waals surface area contributed by atoms with Crippen molar-refractivity contribution >= 4 is 17.5 Å². The van der Waals surface area contributed by atoms with Crippen molar-refractivity contribution < 1.29 is 18.0 Å². The summed E-state index contributed by atoms with van der Waals surface area (Å²) in [6.07, 6.45) is 2.83. The van der Waals surface area contributed by atoms with Crippen LogP contribution in [0.15, 0.2) is 67.5 Å². The molecule has 0 spiro atoms. The predicted molar refractivity (Wildman–Crippen MR) is 116 cm³/mol. The highest BCUT2D eigenvalue weighted by molar-refractivity contribution is 6.31. The molecule has 3 heterocycles. The lowest BCUT2D eigenvalue weighted by Crippen LogP contribution is -2.35. The first-order chi connectivity index (χ1) is 16.2. The van der Waals surface area contributed by atoms with E-state index in [-0.39, 0.29) is 23.1 Å². The zero-order chi connectivity index (χ0) is 24.3. The number of alkyl halides is 3. The molecule has 174 valence electrons. The number of nitrogens with zero attached hydrogens (tertiary/aromatic N) is 7. The van der Waals surface area contributed by atoms with Gasteiger partial charge in [-0.2, -0.15) is 23.0 Å². The molecule has 0 aliphatic rings. The summed E-state index contributed by atoms with van der Waals surface area (Å²) in [6.45, 7) is 1.73. The summed E-state index contributed by atoms with van der Waals surface area (Å²) in [5, 5.41) is 3.95. The van der Waals surface area contributed by atoms with Gasteiger partial charge in [-0.3, -0.25) is 9.78 Å². The molecule has 1 unspecified atom stereocenters. The molecule has 1 aromatic carbocycles. The highest BCUT2D eigenvalue weighted by Crippen LogP contribution is 2.33. The third-order valence-corrected chi connectivity index (χ3v) is 5.18. The summed E-state index contributed by atoms with van der Waals surface area (Å²) in [7, 11) is 0. The molecule has 4 rings (SSSR count). The van der Waals surface area contributed by atoms with Gasteiger partial charge in [0.25, 0.3) is 11.9 Å². The zero-order valence-electron chi connectivity index (χ0n) is 17.7. The van der Waals surface area contributed by atoms with Gasteiger partial charge in [0.05, 0.1) is 11.6 Å². The van der Waals surface area contributed by atoms with Crippen LogP contribution in [0.4, 0.5) is 13.2 Å². The van der Waals surface area contributed by atoms with Crippen molar-refractivity contribution in [1.29, 1.82) is 0 Å². The van der Waals surface area contributed by atoms with Crippen LogP contribution in [0.1, 0.15) is 40.3 Å². The van der Waals surface area contributed by atoms with Gasteiger partial charge in [0.2, 0.25) is 0 Å². The highest BCUT2D eigenvalue weighted by Gasteiger charge is 2.33. The summed E-state index contributed by atoms with van der Waals surface area (Å²) in [6, 6.07) is 7.12. The van der Waals surface area contributed by atoms with Crippen molar-refractivity contribution in [2.75, 3.05) is 0 Å². The minimum atomic E-state index is -4.66. The lowest BCUT2D eigenvalue weighted by atomic mass is 10.1. The van der Waals surface area contributed by atoms with Gasteiger partial charge < -0.3 is 4.90 Å². The van der Waals surface area contributed by atoms with Gasteiger partial charge in [0, 0.05) is 41.9 Å². The number of amides is 1. The van der Waals surface area contributed by atoms with E-state index < -0.39 is 23.7 Å². The fourth-order valence-electron chi connectivity index (χ4n) is 3.34. The van der Waals surface area contributed by atoms with Crippen molar-refractivity contribution in [2.24, 2.45) is 0 Å². The Morgan fingerprint density at radius 2 is 1.88 bits per heavy atom. The molecule has 3 aromatic heterocycles. The number of hydrogen-bond acceptors (Lipinski definition) is 6. The molecule has 0 bridgehead atoms. The molecule has 1 amide bonds. The first-order valence-corrected chi connectivity index (χ1v) is 10.4. The van der Waals surface area contributed by atoms with Gasteiger partial charge in [-0.1, -0.05) is 17.7 Å². The van der Waals surface area contributed by atoms with Crippen LogP contribution in [0.5, 0.6) is 0 Å². The van der Waals surface area contributed by atoms with E-state index in [9.17, 15) is 18.0 Å². The molecule has 0 fully saturated rings. The van der Waals surface area contributed by atoms with Crippen LogP contribution in [-0.4, -0.2) is 40.5 Å². The lowest BCUT2D eigenvalue weighted by molar-refractivity contribution is -0.137. The number of halogens is 4. The molecular weight excluding hydrogens is 471 g/mol. The summed E-state index contributed by atoms with van der Waals surface area (Å²) < 4.78 is 41.4. The van der Waals surface area contributed by atoms with E-state index in [0.717, 1.165) is 12.1 Å². The summed E-state index contributed by atoms with van der Waals surface area (Å²) in [5.41, 5.74) is -0.557. The molecule has 1 atom stereocenters. The van der Waals surface area contributed by atoms with Crippen molar-refractivity contribution in [1.82, 2.24) is 34.6 Å². The maximum atomic E-state index is 13.6. The average Bonchev–Trinajstić information content (AvgIpc) is 3.32. The van der Waals surface area contributed by atoms with Crippen molar-refractivity contribution in [2.45, 2.75) is 25.7 Å². The number of aromatic nitrogens is 6. The Balaban J connectivity index is 1.76. The van der Waals surface area contributed by atoms with Crippen LogP contribution >= 0.6 is 11.6 Å². The zero-order valence-corrected chi connectivity index (χ0v) is 18.4. The van der Waals surface area contributed by atoms with E-state index in [1.807, 2.05) is 0 Å². The number of carbonyl (C=O) groups is 1. The standard InChI is InChI=1S/C22H17ClF3N7O/c1-14(19-30-13-31-33(19)21-28-6-3-7-29-21)32(12-15-4-2-5-27-11-15)20(34)16-8-17(22(24,25)26)10-18(23)9-16/h2-11,13-14H,12H2,1H3. The maximum Gasteiger partial charge on any atom is 0.416 e. The van der Waals surface area contributed by atoms with Crippen molar-refractivity contribution in [3.8, 4) is 5.95 Å². The Morgan fingerprint density at radius 3 is 2.56 bits per heavy atom. The van der Waals surface area contributed by atoms with E-state index in [0.29, 0.717) is 11.4 Å². The van der Waals surface area contributed by atoms with Crippen LogP contribution < -0.4 is 0 Å². The second-order valence-electron chi connectivity index (χ2n) is 7.28. The van der Waals surface area contributed by atoms with Crippen LogP contribution in [0, 0.1) is 0 Å². The normalized spacial score (nSPS) is 12.4. The topological polar surface area (TPSA) is 89.7 Å². The third-order valence-electron chi connectivity index (χ3n) is 4.97. The summed E-state index contributed by atoms with van der Waals surface area (Å²) >= 11 is 5.93. The number of pyridine rings is 1. The minimum absolute atomic E-state index is 0.0458. The first-order valence-electron chi connectivity index (χ1n) is 9.99. The molecule has 34 heavy (non-hydrogen) atoms. The van der Waals surface area contributed by atoms with Gasteiger partial charge in [0.1, 0.15) is 6.33 Å². The molecule has 0 radical (unpaired) electrons. The van der Waals surface area contributed by atoms with Crippen LogP contribution in [-0.2, 0) is 12.7 Å². The van der Waals surface area contributed by atoms with Crippen LogP contribution in [0.3, 0.4) is 0 Å². The molecule has 0 aliphatic carbocycles. The highest BCUT2D eigenvalue weighted by atomic mass is 35.5. The monoisotopic (exact) mass is 487 g/mol. The van der Waals surface area contributed by atoms with Gasteiger partial charge in [-0.25, -0.2) is 15.0 Å². The van der Waals surface area contributed by atoms with E-state index in [1.54, 1.807) is 37.5 Å². The Labute approximate surface area is 197 Å². The quantitative estimate of drug-likeness (QED) is 0.397. The van der Waals surface area contributed by atoms with Gasteiger partial charge in [-0.05, 0) is 42.8 Å². The largest absolute Gasteiger partial charge is 0.416 e. The molecule has 8 nitrogen and oxygen atoms in total. The molecule has 0 saturated heterocycles. The Kier molecular flexibility index (Phi) is 6.55. The second kappa shape index (κ2) is 9.56. The minimum Gasteiger partial charge on any atom is -0.324 e. The Hall–Kier alpha value is -3.86. The molecule has 12 heteroatoms. The first kappa shape index (κ1) is 23.3. The smallest absolute Gasteiger partial charge is 0.324 e. The number of carbonyl (C=O) groups excluding carboxylic acids is 1. The fourth-order valence-corrected chi connectivity index (χ4v) is 3.58. The van der Waals surface area contributed by atoms with Crippen molar-refractivity contribution in [3.05, 3.63) is 95.1 Å². The van der Waals surface area contributed by atoms with Gasteiger partial charge in [0.15, 0.2) is 5.82 Å². The number of hydrogen-bond donors (Lipinski definition) is 0. The SMILES string of the molecule is CC(c1ncnn1-c1ncccn1)N(Cc1cccnc1)C(=O)c1cc(Cl)cc(C(F)(F)F)c1. The Morgan fingerprint density at radius 1 is 1.12 bits per heavy atom. The maximum absolute atomic E-state index is 13.6. The molecule has 4 aromatic rings. The predicted octanol–water partition coefficient (Wildman–Crippen LogP) is 4.53. The second-order valence-corrected chi connectivity index (χ2v) is 7.71. The third kappa shape index (κ3) is 5.04. The molecule has 0 aliphatic heterocycles. The summed E-state index contributed by atoms with van der Waals surface area (Å²) in [5.74, 6) is -0.118. The Bertz CT molecular complexity index is 1280. The lowest BCUT2D eigenvalue weighted by Gasteiger charge is -2.29. The van der Waals surface area contributed by atoms with E-state index in [4.69, 9.17) is 11.6 Å². The van der Waals surface area contributed by atoms with Gasteiger partial charge >= 0.3 is 6.18 Å². The number of benzene rings is 1. The number of rotatable bonds is 6. The van der Waals surface area contributed by atoms with Gasteiger partial charge in [-0.15, -0.1) is 0 Å². The average molecular weight is 488 g/mol. The summed E-state index contributed by atoms with van der Waals surface area (Å²) in [4.78, 5) is 31.6.